The fraction of sp³-hybridized carbons (Fsp3) is 0.0500. The van der Waals surface area contributed by atoms with Gasteiger partial charge in [-0.25, -0.2) is 0 Å². The minimum Gasteiger partial charge on any atom is -0.321 e. The number of rotatable bonds is 3. The third kappa shape index (κ3) is 2.91. The minimum absolute atomic E-state index is 0.0907. The second-order valence-electron chi connectivity index (χ2n) is 5.18. The van der Waals surface area contributed by atoms with Crippen molar-refractivity contribution in [2.24, 2.45) is 0 Å². The summed E-state index contributed by atoms with van der Waals surface area (Å²) >= 11 is 0. The summed E-state index contributed by atoms with van der Waals surface area (Å²) in [6.07, 6.45) is 0. The van der Waals surface area contributed by atoms with Crippen LogP contribution in [0, 0.1) is 6.92 Å². The molecule has 0 unspecified atom stereocenters. The maximum Gasteiger partial charge on any atom is 0.255 e. The molecule has 0 saturated heterocycles. The van der Waals surface area contributed by atoms with E-state index in [9.17, 15) is 4.79 Å². The van der Waals surface area contributed by atoms with E-state index in [2.05, 4.69) is 5.32 Å². The smallest absolute Gasteiger partial charge is 0.255 e. The lowest BCUT2D eigenvalue weighted by Gasteiger charge is -2.14. The standard InChI is InChI=1S/C20H17NO/c1-15-9-8-14-18(16-10-4-2-5-11-16)19(15)21-20(22)17-12-6-3-7-13-17/h2-14H,1H3,(H,21,22). The number of carbonyl (C=O) groups is 1. The van der Waals surface area contributed by atoms with Gasteiger partial charge in [-0.2, -0.15) is 0 Å². The predicted octanol–water partition coefficient (Wildman–Crippen LogP) is 4.91. The summed E-state index contributed by atoms with van der Waals surface area (Å²) in [5.74, 6) is -0.0907. The number of aryl methyl sites for hydroxylation is 1. The molecule has 0 heterocycles. The summed E-state index contributed by atoms with van der Waals surface area (Å²) in [5.41, 5.74) is 4.69. The van der Waals surface area contributed by atoms with Gasteiger partial charge in [0, 0.05) is 11.1 Å². The molecular weight excluding hydrogens is 270 g/mol. The van der Waals surface area contributed by atoms with Gasteiger partial charge in [-0.05, 0) is 30.2 Å². The number of hydrogen-bond acceptors (Lipinski definition) is 1. The molecule has 3 rings (SSSR count). The molecule has 2 heteroatoms. The Hall–Kier alpha value is -2.87. The molecule has 3 aromatic rings. The molecule has 0 spiro atoms. The monoisotopic (exact) mass is 287 g/mol. The number of carbonyl (C=O) groups excluding carboxylic acids is 1. The number of benzene rings is 3. The van der Waals surface area contributed by atoms with Gasteiger partial charge in [0.15, 0.2) is 0 Å². The molecule has 2 nitrogen and oxygen atoms in total. The Morgan fingerprint density at radius 2 is 1.41 bits per heavy atom. The van der Waals surface area contributed by atoms with Crippen LogP contribution in [0.5, 0.6) is 0 Å². The van der Waals surface area contributed by atoms with E-state index in [1.807, 2.05) is 85.8 Å². The lowest BCUT2D eigenvalue weighted by molar-refractivity contribution is 0.102. The predicted molar refractivity (Wildman–Crippen MR) is 91.0 cm³/mol. The van der Waals surface area contributed by atoms with Crippen LogP contribution in [0.1, 0.15) is 15.9 Å². The fourth-order valence-corrected chi connectivity index (χ4v) is 2.47. The van der Waals surface area contributed by atoms with Gasteiger partial charge in [-0.15, -0.1) is 0 Å². The first-order valence-electron chi connectivity index (χ1n) is 7.27. The second kappa shape index (κ2) is 6.27. The summed E-state index contributed by atoms with van der Waals surface area (Å²) < 4.78 is 0. The third-order valence-corrected chi connectivity index (χ3v) is 3.63. The van der Waals surface area contributed by atoms with Crippen LogP contribution in [0.4, 0.5) is 5.69 Å². The molecule has 0 fully saturated rings. The first-order valence-corrected chi connectivity index (χ1v) is 7.27. The summed E-state index contributed by atoms with van der Waals surface area (Å²) in [6.45, 7) is 2.01. The van der Waals surface area contributed by atoms with Crippen molar-refractivity contribution in [3.63, 3.8) is 0 Å². The van der Waals surface area contributed by atoms with Crippen LogP contribution < -0.4 is 5.32 Å². The van der Waals surface area contributed by atoms with Crippen molar-refractivity contribution < 1.29 is 4.79 Å². The molecule has 0 aliphatic rings. The number of hydrogen-bond donors (Lipinski definition) is 1. The maximum atomic E-state index is 12.4. The Kier molecular flexibility index (Phi) is 4.01. The van der Waals surface area contributed by atoms with E-state index >= 15 is 0 Å². The Labute approximate surface area is 130 Å². The van der Waals surface area contributed by atoms with Crippen molar-refractivity contribution >= 4 is 11.6 Å². The van der Waals surface area contributed by atoms with Crippen LogP contribution in [-0.2, 0) is 0 Å². The van der Waals surface area contributed by atoms with Gasteiger partial charge < -0.3 is 5.32 Å². The van der Waals surface area contributed by atoms with Crippen molar-refractivity contribution in [3.05, 3.63) is 90.0 Å². The third-order valence-electron chi connectivity index (χ3n) is 3.63. The molecule has 0 radical (unpaired) electrons. The lowest BCUT2D eigenvalue weighted by Crippen LogP contribution is -2.13. The zero-order valence-corrected chi connectivity index (χ0v) is 12.4. The zero-order valence-electron chi connectivity index (χ0n) is 12.4. The van der Waals surface area contributed by atoms with E-state index in [-0.39, 0.29) is 5.91 Å². The van der Waals surface area contributed by atoms with Gasteiger partial charge in [0.1, 0.15) is 0 Å². The van der Waals surface area contributed by atoms with Gasteiger partial charge in [0.2, 0.25) is 0 Å². The van der Waals surface area contributed by atoms with E-state index in [1.165, 1.54) is 0 Å². The molecule has 0 bridgehead atoms. The topological polar surface area (TPSA) is 29.1 Å². The minimum atomic E-state index is -0.0907. The van der Waals surface area contributed by atoms with Crippen LogP contribution >= 0.6 is 0 Å². The van der Waals surface area contributed by atoms with Crippen LogP contribution in [0.25, 0.3) is 11.1 Å². The normalized spacial score (nSPS) is 10.2. The molecule has 0 aromatic heterocycles. The Bertz CT molecular complexity index is 779. The molecule has 108 valence electrons. The average Bonchev–Trinajstić information content (AvgIpc) is 2.58. The lowest BCUT2D eigenvalue weighted by atomic mass is 10.0. The van der Waals surface area contributed by atoms with Crippen molar-refractivity contribution in [2.75, 3.05) is 5.32 Å². The van der Waals surface area contributed by atoms with E-state index in [1.54, 1.807) is 0 Å². The first kappa shape index (κ1) is 14.1. The van der Waals surface area contributed by atoms with Crippen LogP contribution in [-0.4, -0.2) is 5.91 Å². The molecule has 0 aliphatic heterocycles. The fourth-order valence-electron chi connectivity index (χ4n) is 2.47. The maximum absolute atomic E-state index is 12.4. The van der Waals surface area contributed by atoms with E-state index < -0.39 is 0 Å². The Morgan fingerprint density at radius 1 is 0.773 bits per heavy atom. The van der Waals surface area contributed by atoms with Gasteiger partial charge in [0.05, 0.1) is 5.69 Å². The molecule has 0 atom stereocenters. The van der Waals surface area contributed by atoms with Crippen molar-refractivity contribution in [2.45, 2.75) is 6.92 Å². The number of para-hydroxylation sites is 1. The largest absolute Gasteiger partial charge is 0.321 e. The average molecular weight is 287 g/mol. The molecule has 0 aliphatic carbocycles. The van der Waals surface area contributed by atoms with Gasteiger partial charge in [-0.1, -0.05) is 66.7 Å². The number of anilines is 1. The van der Waals surface area contributed by atoms with E-state index in [0.717, 1.165) is 22.4 Å². The Morgan fingerprint density at radius 3 is 2.09 bits per heavy atom. The summed E-state index contributed by atoms with van der Waals surface area (Å²) in [5, 5.41) is 3.05. The van der Waals surface area contributed by atoms with Crippen LogP contribution in [0.15, 0.2) is 78.9 Å². The highest BCUT2D eigenvalue weighted by molar-refractivity contribution is 6.06. The molecule has 0 saturated carbocycles. The summed E-state index contributed by atoms with van der Waals surface area (Å²) in [7, 11) is 0. The van der Waals surface area contributed by atoms with Crippen molar-refractivity contribution in [1.29, 1.82) is 0 Å². The van der Waals surface area contributed by atoms with E-state index in [4.69, 9.17) is 0 Å². The number of nitrogens with one attached hydrogen (secondary N) is 1. The van der Waals surface area contributed by atoms with Gasteiger partial charge in [-0.3, -0.25) is 4.79 Å². The van der Waals surface area contributed by atoms with E-state index in [0.29, 0.717) is 5.56 Å². The summed E-state index contributed by atoms with van der Waals surface area (Å²) in [6, 6.07) is 25.4. The van der Waals surface area contributed by atoms with Crippen molar-refractivity contribution in [3.8, 4) is 11.1 Å². The quantitative estimate of drug-likeness (QED) is 0.728. The highest BCUT2D eigenvalue weighted by Gasteiger charge is 2.12. The zero-order chi connectivity index (χ0) is 15.4. The molecule has 1 amide bonds. The highest BCUT2D eigenvalue weighted by Crippen LogP contribution is 2.31. The second-order valence-corrected chi connectivity index (χ2v) is 5.18. The van der Waals surface area contributed by atoms with Crippen LogP contribution in [0.3, 0.4) is 0 Å². The summed E-state index contributed by atoms with van der Waals surface area (Å²) in [4.78, 5) is 12.4. The molecule has 22 heavy (non-hydrogen) atoms. The Balaban J connectivity index is 1.99. The van der Waals surface area contributed by atoms with Crippen molar-refractivity contribution in [1.82, 2.24) is 0 Å². The van der Waals surface area contributed by atoms with Gasteiger partial charge >= 0.3 is 0 Å². The highest BCUT2D eigenvalue weighted by atomic mass is 16.1. The van der Waals surface area contributed by atoms with Gasteiger partial charge in [0.25, 0.3) is 5.91 Å². The SMILES string of the molecule is Cc1cccc(-c2ccccc2)c1NC(=O)c1ccccc1. The van der Waals surface area contributed by atoms with Crippen LogP contribution in [0.2, 0.25) is 0 Å². The first-order chi connectivity index (χ1) is 10.8. The molecular formula is C20H17NO. The molecule has 3 aromatic carbocycles. The molecule has 1 N–H and O–H groups in total. The number of amides is 1.